The third kappa shape index (κ3) is 4.26. The van der Waals surface area contributed by atoms with E-state index in [0.29, 0.717) is 30.6 Å². The molecule has 0 saturated carbocycles. The van der Waals surface area contributed by atoms with E-state index in [4.69, 9.17) is 15.0 Å². The van der Waals surface area contributed by atoms with Crippen molar-refractivity contribution < 1.29 is 18.4 Å². The van der Waals surface area contributed by atoms with Gasteiger partial charge in [0.2, 0.25) is 5.89 Å². The Morgan fingerprint density at radius 3 is 2.87 bits per heavy atom. The van der Waals surface area contributed by atoms with Crippen molar-refractivity contribution in [3.8, 4) is 5.75 Å². The lowest BCUT2D eigenvalue weighted by Crippen LogP contribution is -2.31. The minimum absolute atomic E-state index is 0.139. The number of benzene rings is 1. The standard InChI is InChI=1S/C15H19FN4O3/c1-3-20(9-14-18-10(2)23-19-14)15(21)12-8-11(16)4-5-13(12)22-7-6-17/h4-5,8H,3,6-7,9,17H2,1-2H3. The van der Waals surface area contributed by atoms with Crippen molar-refractivity contribution in [2.24, 2.45) is 5.73 Å². The van der Waals surface area contributed by atoms with E-state index in [1.807, 2.05) is 6.92 Å². The van der Waals surface area contributed by atoms with Gasteiger partial charge in [-0.3, -0.25) is 4.79 Å². The van der Waals surface area contributed by atoms with Crippen molar-refractivity contribution in [2.45, 2.75) is 20.4 Å². The minimum Gasteiger partial charge on any atom is -0.491 e. The number of aromatic nitrogens is 2. The van der Waals surface area contributed by atoms with Gasteiger partial charge in [-0.25, -0.2) is 4.39 Å². The second kappa shape index (κ2) is 7.68. The second-order valence-corrected chi connectivity index (χ2v) is 4.83. The first-order valence-corrected chi connectivity index (χ1v) is 7.26. The Morgan fingerprint density at radius 2 is 2.26 bits per heavy atom. The highest BCUT2D eigenvalue weighted by Gasteiger charge is 2.21. The molecule has 2 rings (SSSR count). The maximum atomic E-state index is 13.5. The van der Waals surface area contributed by atoms with Crippen molar-refractivity contribution in [3.63, 3.8) is 0 Å². The third-order valence-corrected chi connectivity index (χ3v) is 3.12. The van der Waals surface area contributed by atoms with Crippen LogP contribution in [0.2, 0.25) is 0 Å². The SMILES string of the molecule is CCN(Cc1noc(C)n1)C(=O)c1cc(F)ccc1OCCN. The minimum atomic E-state index is -0.514. The summed E-state index contributed by atoms with van der Waals surface area (Å²) in [5.74, 6) is 0.214. The van der Waals surface area contributed by atoms with Gasteiger partial charge in [0, 0.05) is 20.0 Å². The van der Waals surface area contributed by atoms with Crippen molar-refractivity contribution >= 4 is 5.91 Å². The van der Waals surface area contributed by atoms with Crippen molar-refractivity contribution in [1.29, 1.82) is 0 Å². The number of nitrogens with zero attached hydrogens (tertiary/aromatic N) is 3. The number of hydrogen-bond acceptors (Lipinski definition) is 6. The Bertz CT molecular complexity index is 674. The molecule has 7 nitrogen and oxygen atoms in total. The number of halogens is 1. The average Bonchev–Trinajstić information content (AvgIpc) is 2.96. The molecule has 0 unspecified atom stereocenters. The predicted octanol–water partition coefficient (Wildman–Crippen LogP) is 1.52. The third-order valence-electron chi connectivity index (χ3n) is 3.12. The molecule has 1 amide bonds. The van der Waals surface area contributed by atoms with Crippen LogP contribution in [0.3, 0.4) is 0 Å². The van der Waals surface area contributed by atoms with Crippen LogP contribution in [0, 0.1) is 12.7 Å². The van der Waals surface area contributed by atoms with Gasteiger partial charge in [-0.2, -0.15) is 4.98 Å². The molecule has 2 aromatic rings. The first-order valence-electron chi connectivity index (χ1n) is 7.26. The first kappa shape index (κ1) is 16.9. The first-order chi connectivity index (χ1) is 11.0. The Labute approximate surface area is 133 Å². The topological polar surface area (TPSA) is 94.5 Å². The predicted molar refractivity (Wildman–Crippen MR) is 80.4 cm³/mol. The lowest BCUT2D eigenvalue weighted by molar-refractivity contribution is 0.0742. The average molecular weight is 322 g/mol. The van der Waals surface area contributed by atoms with Crippen molar-refractivity contribution in [1.82, 2.24) is 15.0 Å². The van der Waals surface area contributed by atoms with E-state index in [9.17, 15) is 9.18 Å². The molecule has 23 heavy (non-hydrogen) atoms. The number of carbonyl (C=O) groups is 1. The molecule has 8 heteroatoms. The fourth-order valence-corrected chi connectivity index (χ4v) is 2.04. The number of rotatable bonds is 7. The molecular formula is C15H19FN4O3. The maximum absolute atomic E-state index is 13.5. The van der Waals surface area contributed by atoms with Crippen LogP contribution in [0.15, 0.2) is 22.7 Å². The summed E-state index contributed by atoms with van der Waals surface area (Å²) in [6.07, 6.45) is 0. The molecule has 0 spiro atoms. The molecule has 0 aliphatic rings. The molecule has 1 heterocycles. The number of hydrogen-bond donors (Lipinski definition) is 1. The summed E-state index contributed by atoms with van der Waals surface area (Å²) in [5, 5.41) is 3.77. The summed E-state index contributed by atoms with van der Waals surface area (Å²) >= 11 is 0. The van der Waals surface area contributed by atoms with Crippen LogP contribution in [-0.4, -0.2) is 40.6 Å². The van der Waals surface area contributed by atoms with Crippen LogP contribution in [0.25, 0.3) is 0 Å². The van der Waals surface area contributed by atoms with Crippen LogP contribution in [0.4, 0.5) is 4.39 Å². The largest absolute Gasteiger partial charge is 0.491 e. The molecule has 0 aliphatic heterocycles. The molecule has 0 fully saturated rings. The number of aryl methyl sites for hydroxylation is 1. The van der Waals surface area contributed by atoms with Crippen molar-refractivity contribution in [3.05, 3.63) is 41.3 Å². The van der Waals surface area contributed by atoms with Crippen molar-refractivity contribution in [2.75, 3.05) is 19.7 Å². The van der Waals surface area contributed by atoms with E-state index in [-0.39, 0.29) is 24.6 Å². The number of carbonyl (C=O) groups excluding carboxylic acids is 1. The summed E-state index contributed by atoms with van der Waals surface area (Å²) in [7, 11) is 0. The second-order valence-electron chi connectivity index (χ2n) is 4.83. The van der Waals surface area contributed by atoms with Crippen LogP contribution in [0.1, 0.15) is 29.0 Å². The number of amides is 1. The molecule has 0 radical (unpaired) electrons. The zero-order valence-corrected chi connectivity index (χ0v) is 13.1. The van der Waals surface area contributed by atoms with Gasteiger partial charge in [-0.05, 0) is 25.1 Å². The van der Waals surface area contributed by atoms with Crippen LogP contribution in [-0.2, 0) is 6.54 Å². The number of nitrogens with two attached hydrogens (primary N) is 1. The van der Waals surface area contributed by atoms with E-state index in [1.54, 1.807) is 6.92 Å². The highest BCUT2D eigenvalue weighted by molar-refractivity contribution is 5.96. The molecule has 1 aromatic heterocycles. The quantitative estimate of drug-likeness (QED) is 0.830. The van der Waals surface area contributed by atoms with Crippen LogP contribution in [0.5, 0.6) is 5.75 Å². The maximum Gasteiger partial charge on any atom is 0.258 e. The zero-order valence-electron chi connectivity index (χ0n) is 13.1. The Morgan fingerprint density at radius 1 is 1.48 bits per heavy atom. The van der Waals surface area contributed by atoms with E-state index in [0.717, 1.165) is 6.07 Å². The molecule has 0 aliphatic carbocycles. The van der Waals surface area contributed by atoms with E-state index in [1.165, 1.54) is 17.0 Å². The fourth-order valence-electron chi connectivity index (χ4n) is 2.04. The monoisotopic (exact) mass is 322 g/mol. The fraction of sp³-hybridized carbons (Fsp3) is 0.400. The van der Waals surface area contributed by atoms with Gasteiger partial charge in [0.15, 0.2) is 5.82 Å². The molecule has 0 saturated heterocycles. The van der Waals surface area contributed by atoms with E-state index < -0.39 is 5.82 Å². The van der Waals surface area contributed by atoms with Gasteiger partial charge in [0.1, 0.15) is 18.2 Å². The molecule has 124 valence electrons. The highest BCUT2D eigenvalue weighted by atomic mass is 19.1. The molecular weight excluding hydrogens is 303 g/mol. The van der Waals surface area contributed by atoms with Crippen LogP contribution < -0.4 is 10.5 Å². The van der Waals surface area contributed by atoms with Gasteiger partial charge < -0.3 is 19.9 Å². The summed E-state index contributed by atoms with van der Waals surface area (Å²) < 4.78 is 23.9. The highest BCUT2D eigenvalue weighted by Crippen LogP contribution is 2.22. The van der Waals surface area contributed by atoms with Gasteiger partial charge in [-0.15, -0.1) is 0 Å². The summed E-state index contributed by atoms with van der Waals surface area (Å²) in [5.41, 5.74) is 5.54. The van der Waals surface area contributed by atoms with E-state index in [2.05, 4.69) is 10.1 Å². The van der Waals surface area contributed by atoms with Gasteiger partial charge in [0.25, 0.3) is 5.91 Å². The smallest absolute Gasteiger partial charge is 0.258 e. The summed E-state index contributed by atoms with van der Waals surface area (Å²) in [6.45, 7) is 4.58. The summed E-state index contributed by atoms with van der Waals surface area (Å²) in [6, 6.07) is 3.81. The molecule has 0 atom stereocenters. The lowest BCUT2D eigenvalue weighted by Gasteiger charge is -2.20. The molecule has 0 bridgehead atoms. The lowest BCUT2D eigenvalue weighted by atomic mass is 10.1. The Hall–Kier alpha value is -2.48. The number of ether oxygens (including phenoxy) is 1. The molecule has 2 N–H and O–H groups in total. The Kier molecular flexibility index (Phi) is 5.64. The zero-order chi connectivity index (χ0) is 16.8. The van der Waals surface area contributed by atoms with E-state index >= 15 is 0 Å². The van der Waals surface area contributed by atoms with Crippen LogP contribution >= 0.6 is 0 Å². The van der Waals surface area contributed by atoms with Gasteiger partial charge in [0.05, 0.1) is 12.1 Å². The summed E-state index contributed by atoms with van der Waals surface area (Å²) in [4.78, 5) is 18.2. The molecule has 1 aromatic carbocycles. The van der Waals surface area contributed by atoms with Gasteiger partial charge >= 0.3 is 0 Å². The Balaban J connectivity index is 2.23. The van der Waals surface area contributed by atoms with Gasteiger partial charge in [-0.1, -0.05) is 5.16 Å². The normalized spacial score (nSPS) is 10.6.